The van der Waals surface area contributed by atoms with Gasteiger partial charge in [-0.2, -0.15) is 0 Å². The second-order valence-corrected chi connectivity index (χ2v) is 2.57. The van der Waals surface area contributed by atoms with Crippen LogP contribution in [0.25, 0.3) is 0 Å². The van der Waals surface area contributed by atoms with Crippen LogP contribution in [0.5, 0.6) is 0 Å². The standard InChI is InChI=1S/C6H14N2O6/c7-8-14-4(2-10)6(13)5(12)3(11)1-9/h2-6,8-9,11-13H,1,7H2/t3-,4+,5-,6-/m1/s1. The van der Waals surface area contributed by atoms with Gasteiger partial charge >= 0.3 is 0 Å². The van der Waals surface area contributed by atoms with Gasteiger partial charge < -0.3 is 25.2 Å². The summed E-state index contributed by atoms with van der Waals surface area (Å²) < 4.78 is 0. The van der Waals surface area contributed by atoms with Gasteiger partial charge in [-0.15, -0.1) is 5.59 Å². The van der Waals surface area contributed by atoms with Crippen molar-refractivity contribution in [2.45, 2.75) is 24.4 Å². The molecule has 0 spiro atoms. The van der Waals surface area contributed by atoms with Crippen molar-refractivity contribution in [2.75, 3.05) is 6.61 Å². The fourth-order valence-electron chi connectivity index (χ4n) is 0.786. The summed E-state index contributed by atoms with van der Waals surface area (Å²) in [4.78, 5) is 14.6. The highest BCUT2D eigenvalue weighted by Gasteiger charge is 2.31. The summed E-state index contributed by atoms with van der Waals surface area (Å²) in [6.07, 6.45) is -6.20. The van der Waals surface area contributed by atoms with Crippen LogP contribution < -0.4 is 11.4 Å². The lowest BCUT2D eigenvalue weighted by Gasteiger charge is -2.24. The molecule has 0 aromatic heterocycles. The molecule has 0 aromatic rings. The van der Waals surface area contributed by atoms with Crippen molar-refractivity contribution >= 4 is 6.29 Å². The van der Waals surface area contributed by atoms with Gasteiger partial charge in [0.15, 0.2) is 12.4 Å². The Kier molecular flexibility index (Phi) is 6.49. The Bertz CT molecular complexity index is 168. The molecular formula is C6H14N2O6. The Morgan fingerprint density at radius 1 is 1.36 bits per heavy atom. The van der Waals surface area contributed by atoms with Crippen LogP contribution >= 0.6 is 0 Å². The average molecular weight is 210 g/mol. The molecule has 0 rings (SSSR count). The maximum atomic E-state index is 10.3. The first kappa shape index (κ1) is 13.4. The number of aliphatic hydroxyl groups excluding tert-OH is 4. The number of hydrogen-bond donors (Lipinski definition) is 6. The smallest absolute Gasteiger partial charge is 0.164 e. The maximum absolute atomic E-state index is 10.3. The topological polar surface area (TPSA) is 145 Å². The Morgan fingerprint density at radius 3 is 2.29 bits per heavy atom. The third-order valence-corrected chi connectivity index (χ3v) is 1.61. The molecule has 0 aliphatic heterocycles. The van der Waals surface area contributed by atoms with E-state index < -0.39 is 31.0 Å². The zero-order chi connectivity index (χ0) is 11.1. The van der Waals surface area contributed by atoms with E-state index in [0.29, 0.717) is 0 Å². The van der Waals surface area contributed by atoms with Gasteiger partial charge in [0.1, 0.15) is 18.3 Å². The quantitative estimate of drug-likeness (QED) is 0.142. The summed E-state index contributed by atoms with van der Waals surface area (Å²) in [5, 5.41) is 35.8. The van der Waals surface area contributed by atoms with Crippen LogP contribution in [0, 0.1) is 0 Å². The monoisotopic (exact) mass is 210 g/mol. The van der Waals surface area contributed by atoms with E-state index in [-0.39, 0.29) is 6.29 Å². The Labute approximate surface area is 79.8 Å². The molecule has 0 unspecified atom stereocenters. The second-order valence-electron chi connectivity index (χ2n) is 2.57. The number of hydrogen-bond acceptors (Lipinski definition) is 8. The van der Waals surface area contributed by atoms with Crippen LogP contribution in [0.2, 0.25) is 0 Å². The molecule has 4 atom stereocenters. The minimum absolute atomic E-state index is 0.192. The number of carbonyl (C=O) groups excluding carboxylic acids is 1. The highest BCUT2D eigenvalue weighted by atomic mass is 16.7. The minimum Gasteiger partial charge on any atom is -0.394 e. The zero-order valence-electron chi connectivity index (χ0n) is 7.28. The highest BCUT2D eigenvalue weighted by molar-refractivity contribution is 5.57. The number of hydrazine groups is 1. The van der Waals surface area contributed by atoms with E-state index in [2.05, 4.69) is 4.84 Å². The molecule has 7 N–H and O–H groups in total. The zero-order valence-corrected chi connectivity index (χ0v) is 7.28. The number of rotatable bonds is 7. The summed E-state index contributed by atoms with van der Waals surface area (Å²) in [6.45, 7) is -0.750. The maximum Gasteiger partial charge on any atom is 0.164 e. The van der Waals surface area contributed by atoms with Gasteiger partial charge in [-0.1, -0.05) is 0 Å². The fraction of sp³-hybridized carbons (Fsp3) is 0.833. The Hall–Kier alpha value is -0.610. The summed E-state index contributed by atoms with van der Waals surface area (Å²) in [5.74, 6) is 4.72. The van der Waals surface area contributed by atoms with Gasteiger partial charge in [0, 0.05) is 0 Å². The molecule has 8 heteroatoms. The molecule has 0 saturated heterocycles. The van der Waals surface area contributed by atoms with E-state index in [1.807, 2.05) is 0 Å². The SMILES string of the molecule is NNO[C@@H](C=O)[C@@H](O)[C@H](O)[C@H](O)CO. The van der Waals surface area contributed by atoms with Gasteiger partial charge in [-0.05, 0) is 0 Å². The summed E-state index contributed by atoms with van der Waals surface area (Å²) in [7, 11) is 0. The first-order valence-electron chi connectivity index (χ1n) is 3.80. The Balaban J connectivity index is 4.25. The molecule has 0 aromatic carbocycles. The van der Waals surface area contributed by atoms with E-state index in [1.54, 1.807) is 5.59 Å². The van der Waals surface area contributed by atoms with Crippen molar-refractivity contribution in [1.29, 1.82) is 0 Å². The molecular weight excluding hydrogens is 196 g/mol. The van der Waals surface area contributed by atoms with Crippen LogP contribution in [0.3, 0.4) is 0 Å². The lowest BCUT2D eigenvalue weighted by molar-refractivity contribution is -0.159. The molecule has 0 fully saturated rings. The molecule has 0 heterocycles. The number of aliphatic hydroxyl groups is 4. The molecule has 0 aliphatic carbocycles. The largest absolute Gasteiger partial charge is 0.394 e. The van der Waals surface area contributed by atoms with Gasteiger partial charge in [0.25, 0.3) is 0 Å². The van der Waals surface area contributed by atoms with Crippen molar-refractivity contribution in [3.05, 3.63) is 0 Å². The second kappa shape index (κ2) is 6.79. The number of aldehydes is 1. The molecule has 84 valence electrons. The van der Waals surface area contributed by atoms with E-state index in [0.717, 1.165) is 0 Å². The molecule has 0 radical (unpaired) electrons. The molecule has 0 bridgehead atoms. The molecule has 8 nitrogen and oxygen atoms in total. The van der Waals surface area contributed by atoms with E-state index in [4.69, 9.17) is 21.2 Å². The molecule has 14 heavy (non-hydrogen) atoms. The fourth-order valence-corrected chi connectivity index (χ4v) is 0.786. The first-order chi connectivity index (χ1) is 6.58. The number of nitrogens with two attached hydrogens (primary N) is 1. The van der Waals surface area contributed by atoms with Gasteiger partial charge in [0.2, 0.25) is 0 Å². The van der Waals surface area contributed by atoms with Crippen molar-refractivity contribution in [1.82, 2.24) is 5.59 Å². The van der Waals surface area contributed by atoms with Crippen LogP contribution in [0.4, 0.5) is 0 Å². The van der Waals surface area contributed by atoms with Crippen LogP contribution in [-0.4, -0.2) is 57.7 Å². The van der Waals surface area contributed by atoms with E-state index >= 15 is 0 Å². The summed E-state index contributed by atoms with van der Waals surface area (Å²) in [6, 6.07) is 0. The lowest BCUT2D eigenvalue weighted by Crippen LogP contribution is -2.49. The third-order valence-electron chi connectivity index (χ3n) is 1.61. The van der Waals surface area contributed by atoms with E-state index in [9.17, 15) is 9.90 Å². The predicted molar refractivity (Wildman–Crippen MR) is 43.4 cm³/mol. The van der Waals surface area contributed by atoms with Gasteiger partial charge in [0.05, 0.1) is 6.61 Å². The lowest BCUT2D eigenvalue weighted by atomic mass is 10.0. The first-order valence-corrected chi connectivity index (χ1v) is 3.80. The van der Waals surface area contributed by atoms with Crippen molar-refractivity contribution in [3.63, 3.8) is 0 Å². The molecule has 0 saturated carbocycles. The Morgan fingerprint density at radius 2 is 1.93 bits per heavy atom. The highest BCUT2D eigenvalue weighted by Crippen LogP contribution is 2.05. The van der Waals surface area contributed by atoms with Crippen molar-refractivity contribution < 1.29 is 30.1 Å². The van der Waals surface area contributed by atoms with Crippen LogP contribution in [0.1, 0.15) is 0 Å². The van der Waals surface area contributed by atoms with Crippen molar-refractivity contribution in [3.8, 4) is 0 Å². The molecule has 0 amide bonds. The van der Waals surface area contributed by atoms with Crippen molar-refractivity contribution in [2.24, 2.45) is 5.84 Å². The summed E-state index contributed by atoms with van der Waals surface area (Å²) in [5.41, 5.74) is 1.66. The molecule has 0 aliphatic rings. The summed E-state index contributed by atoms with van der Waals surface area (Å²) >= 11 is 0. The number of carbonyl (C=O) groups is 1. The van der Waals surface area contributed by atoms with Crippen LogP contribution in [-0.2, 0) is 9.63 Å². The van der Waals surface area contributed by atoms with E-state index in [1.165, 1.54) is 0 Å². The predicted octanol–water partition coefficient (Wildman–Crippen LogP) is -3.98. The average Bonchev–Trinajstić information content (AvgIpc) is 2.22. The van der Waals surface area contributed by atoms with Gasteiger partial charge in [-0.25, -0.2) is 5.84 Å². The third kappa shape index (κ3) is 3.64. The van der Waals surface area contributed by atoms with Gasteiger partial charge in [-0.3, -0.25) is 4.84 Å². The van der Waals surface area contributed by atoms with Crippen LogP contribution in [0.15, 0.2) is 0 Å². The minimum atomic E-state index is -1.71. The normalized spacial score (nSPS) is 19.8. The number of nitrogens with one attached hydrogen (secondary N) is 1.